The topological polar surface area (TPSA) is 62.5 Å². The van der Waals surface area contributed by atoms with Gasteiger partial charge in [0.2, 0.25) is 6.79 Å². The molecule has 0 saturated heterocycles. The van der Waals surface area contributed by atoms with Gasteiger partial charge >= 0.3 is 11.1 Å². The predicted octanol–water partition coefficient (Wildman–Crippen LogP) is 2.08. The predicted molar refractivity (Wildman–Crippen MR) is 92.7 cm³/mol. The zero-order valence-corrected chi connectivity index (χ0v) is 13.6. The fraction of sp³-hybridized carbons (Fsp3) is 0.158. The summed E-state index contributed by atoms with van der Waals surface area (Å²) in [5, 5.41) is 0. The lowest BCUT2D eigenvalue weighted by atomic mass is 10.2. The molecule has 3 aromatic rings. The lowest BCUT2D eigenvalue weighted by Gasteiger charge is -2.11. The van der Waals surface area contributed by atoms with Crippen LogP contribution in [0, 0.1) is 6.92 Å². The third-order valence-corrected chi connectivity index (χ3v) is 4.22. The van der Waals surface area contributed by atoms with Crippen LogP contribution in [-0.2, 0) is 6.54 Å². The first-order chi connectivity index (χ1) is 12.1. The van der Waals surface area contributed by atoms with Crippen LogP contribution in [0.15, 0.2) is 64.4 Å². The highest BCUT2D eigenvalue weighted by Gasteiger charge is 2.14. The first kappa shape index (κ1) is 15.3. The standard InChI is InChI=1S/C19H16N2O4/c1-13-4-2-3-5-15(13)21-9-8-20(18(22)19(21)23)11-14-6-7-16-17(10-14)25-12-24-16/h2-10H,11-12H2,1H3. The van der Waals surface area contributed by atoms with Crippen LogP contribution in [0.5, 0.6) is 11.5 Å². The Morgan fingerprint density at radius 2 is 1.76 bits per heavy atom. The van der Waals surface area contributed by atoms with Gasteiger partial charge in [-0.05, 0) is 36.2 Å². The Bertz CT molecular complexity index is 1070. The monoisotopic (exact) mass is 336 g/mol. The fourth-order valence-corrected chi connectivity index (χ4v) is 2.89. The van der Waals surface area contributed by atoms with E-state index in [4.69, 9.17) is 9.47 Å². The fourth-order valence-electron chi connectivity index (χ4n) is 2.89. The maximum Gasteiger partial charge on any atom is 0.320 e. The normalized spacial score (nSPS) is 12.4. The molecule has 0 spiro atoms. The number of para-hydroxylation sites is 1. The molecule has 0 atom stereocenters. The number of aromatic nitrogens is 2. The van der Waals surface area contributed by atoms with E-state index in [0.717, 1.165) is 11.1 Å². The van der Waals surface area contributed by atoms with Crippen LogP contribution in [0.1, 0.15) is 11.1 Å². The van der Waals surface area contributed by atoms with Crippen molar-refractivity contribution in [3.63, 3.8) is 0 Å². The molecule has 1 aromatic heterocycles. The van der Waals surface area contributed by atoms with Crippen molar-refractivity contribution < 1.29 is 9.47 Å². The number of hydrogen-bond acceptors (Lipinski definition) is 4. The van der Waals surface area contributed by atoms with Gasteiger partial charge in [-0.2, -0.15) is 0 Å². The second kappa shape index (κ2) is 5.98. The molecule has 0 aliphatic carbocycles. The van der Waals surface area contributed by atoms with Crippen LogP contribution < -0.4 is 20.6 Å². The summed E-state index contributed by atoms with van der Waals surface area (Å²) in [7, 11) is 0. The number of fused-ring (bicyclic) bond motifs is 1. The van der Waals surface area contributed by atoms with Crippen molar-refractivity contribution in [3.8, 4) is 17.2 Å². The van der Waals surface area contributed by atoms with Gasteiger partial charge in [-0.3, -0.25) is 14.2 Å². The highest BCUT2D eigenvalue weighted by Crippen LogP contribution is 2.32. The molecule has 6 heteroatoms. The molecule has 0 saturated carbocycles. The molecule has 4 rings (SSSR count). The van der Waals surface area contributed by atoms with Gasteiger partial charge in [-0.25, -0.2) is 0 Å². The lowest BCUT2D eigenvalue weighted by molar-refractivity contribution is 0.174. The van der Waals surface area contributed by atoms with E-state index in [-0.39, 0.29) is 6.79 Å². The highest BCUT2D eigenvalue weighted by atomic mass is 16.7. The van der Waals surface area contributed by atoms with E-state index < -0.39 is 11.1 Å². The molecule has 0 amide bonds. The summed E-state index contributed by atoms with van der Waals surface area (Å²) in [6, 6.07) is 12.9. The molecule has 6 nitrogen and oxygen atoms in total. The Morgan fingerprint density at radius 1 is 0.960 bits per heavy atom. The molecular weight excluding hydrogens is 320 g/mol. The van der Waals surface area contributed by atoms with E-state index in [1.165, 1.54) is 9.13 Å². The van der Waals surface area contributed by atoms with Crippen molar-refractivity contribution in [1.82, 2.24) is 9.13 Å². The van der Waals surface area contributed by atoms with Crippen LogP contribution in [0.4, 0.5) is 0 Å². The Morgan fingerprint density at radius 3 is 2.60 bits per heavy atom. The Kier molecular flexibility index (Phi) is 3.65. The van der Waals surface area contributed by atoms with Gasteiger partial charge in [0.25, 0.3) is 0 Å². The van der Waals surface area contributed by atoms with Crippen molar-refractivity contribution >= 4 is 0 Å². The van der Waals surface area contributed by atoms with Crippen molar-refractivity contribution in [2.75, 3.05) is 6.79 Å². The summed E-state index contributed by atoms with van der Waals surface area (Å²) in [5.74, 6) is 1.34. The van der Waals surface area contributed by atoms with E-state index in [1.54, 1.807) is 18.5 Å². The molecule has 2 aromatic carbocycles. The van der Waals surface area contributed by atoms with E-state index in [2.05, 4.69) is 0 Å². The summed E-state index contributed by atoms with van der Waals surface area (Å²) in [4.78, 5) is 25.0. The van der Waals surface area contributed by atoms with Crippen LogP contribution in [-0.4, -0.2) is 15.9 Å². The first-order valence-corrected chi connectivity index (χ1v) is 7.90. The van der Waals surface area contributed by atoms with Gasteiger partial charge in [0.15, 0.2) is 11.5 Å². The van der Waals surface area contributed by atoms with Crippen molar-refractivity contribution in [2.45, 2.75) is 13.5 Å². The summed E-state index contributed by atoms with van der Waals surface area (Å²) < 4.78 is 13.4. The molecule has 0 fully saturated rings. The van der Waals surface area contributed by atoms with Crippen molar-refractivity contribution in [1.29, 1.82) is 0 Å². The lowest BCUT2D eigenvalue weighted by Crippen LogP contribution is -2.40. The number of benzene rings is 2. The largest absolute Gasteiger partial charge is 0.454 e. The minimum Gasteiger partial charge on any atom is -0.454 e. The molecule has 0 N–H and O–H groups in total. The minimum atomic E-state index is -0.572. The molecule has 2 heterocycles. The minimum absolute atomic E-state index is 0.200. The number of ether oxygens (including phenoxy) is 2. The van der Waals surface area contributed by atoms with Gasteiger partial charge in [0.05, 0.1) is 12.2 Å². The van der Waals surface area contributed by atoms with E-state index in [1.807, 2.05) is 43.3 Å². The zero-order valence-electron chi connectivity index (χ0n) is 13.6. The van der Waals surface area contributed by atoms with Crippen LogP contribution >= 0.6 is 0 Å². The first-order valence-electron chi connectivity index (χ1n) is 7.90. The Balaban J connectivity index is 1.71. The summed E-state index contributed by atoms with van der Waals surface area (Å²) >= 11 is 0. The van der Waals surface area contributed by atoms with E-state index in [0.29, 0.717) is 23.7 Å². The number of rotatable bonds is 3. The zero-order chi connectivity index (χ0) is 17.4. The Labute approximate surface area is 143 Å². The molecule has 1 aliphatic rings. The highest BCUT2D eigenvalue weighted by molar-refractivity contribution is 5.44. The van der Waals surface area contributed by atoms with Gasteiger partial charge in [0.1, 0.15) is 0 Å². The SMILES string of the molecule is Cc1ccccc1-n1ccn(Cc2ccc3c(c2)OCO3)c(=O)c1=O. The maximum atomic E-state index is 12.5. The second-order valence-corrected chi connectivity index (χ2v) is 5.88. The van der Waals surface area contributed by atoms with Crippen LogP contribution in [0.3, 0.4) is 0 Å². The third-order valence-electron chi connectivity index (χ3n) is 4.22. The Hall–Kier alpha value is -3.28. The second-order valence-electron chi connectivity index (χ2n) is 5.88. The molecule has 0 unspecified atom stereocenters. The maximum absolute atomic E-state index is 12.5. The number of hydrogen-bond donors (Lipinski definition) is 0. The van der Waals surface area contributed by atoms with E-state index in [9.17, 15) is 9.59 Å². The summed E-state index contributed by atoms with van der Waals surface area (Å²) in [5.41, 5.74) is 1.36. The molecule has 126 valence electrons. The smallest absolute Gasteiger partial charge is 0.320 e. The van der Waals surface area contributed by atoms with Gasteiger partial charge in [-0.1, -0.05) is 24.3 Å². The van der Waals surface area contributed by atoms with Gasteiger partial charge < -0.3 is 14.0 Å². The average Bonchev–Trinajstić information content (AvgIpc) is 3.08. The summed E-state index contributed by atoms with van der Waals surface area (Å²) in [6.07, 6.45) is 3.25. The molecule has 0 bridgehead atoms. The molecule has 25 heavy (non-hydrogen) atoms. The quantitative estimate of drug-likeness (QED) is 0.687. The van der Waals surface area contributed by atoms with Gasteiger partial charge in [0, 0.05) is 12.4 Å². The van der Waals surface area contributed by atoms with Crippen molar-refractivity contribution in [2.24, 2.45) is 0 Å². The van der Waals surface area contributed by atoms with E-state index >= 15 is 0 Å². The number of nitrogens with zero attached hydrogens (tertiary/aromatic N) is 2. The molecule has 1 aliphatic heterocycles. The van der Waals surface area contributed by atoms with Gasteiger partial charge in [-0.15, -0.1) is 0 Å². The summed E-state index contributed by atoms with van der Waals surface area (Å²) in [6.45, 7) is 2.39. The van der Waals surface area contributed by atoms with Crippen LogP contribution in [0.2, 0.25) is 0 Å². The average molecular weight is 336 g/mol. The third kappa shape index (κ3) is 2.71. The molecular formula is C19H16N2O4. The number of aryl methyl sites for hydroxylation is 1. The van der Waals surface area contributed by atoms with Crippen molar-refractivity contribution in [3.05, 3.63) is 86.7 Å². The van der Waals surface area contributed by atoms with Crippen LogP contribution in [0.25, 0.3) is 5.69 Å². The molecule has 0 radical (unpaired) electrons.